The predicted octanol–water partition coefficient (Wildman–Crippen LogP) is 5.36. The molecule has 0 bridgehead atoms. The van der Waals surface area contributed by atoms with Gasteiger partial charge in [0.15, 0.2) is 5.78 Å². The molecular weight excluding hydrogens is 512 g/mol. The number of esters is 1. The summed E-state index contributed by atoms with van der Waals surface area (Å²) in [5.74, 6) is -1.57. The average molecular weight is 537 g/mol. The molecule has 9 heteroatoms. The van der Waals surface area contributed by atoms with Crippen LogP contribution in [-0.4, -0.2) is 35.9 Å². The van der Waals surface area contributed by atoms with Gasteiger partial charge in [-0.2, -0.15) is 0 Å². The van der Waals surface area contributed by atoms with Crippen LogP contribution in [0.25, 0.3) is 6.08 Å². The number of thioether (sulfide) groups is 1. The summed E-state index contributed by atoms with van der Waals surface area (Å²) in [4.78, 5) is 49.9. The van der Waals surface area contributed by atoms with Crippen molar-refractivity contribution >= 4 is 58.7 Å². The molecule has 0 atom stereocenters. The molecule has 0 radical (unpaired) electrons. The summed E-state index contributed by atoms with van der Waals surface area (Å²) in [6.07, 6.45) is 1.30. The predicted molar refractivity (Wildman–Crippen MR) is 145 cm³/mol. The standard InChI is InChI=1S/C28H25ClN2O5S/c1-2-36-26(33)17-23(32)18-37-24-14-12-22(13-15-24)30-28(35)25(16-19-8-10-21(29)11-9-19)31-27(34)20-6-4-3-5-7-20/h3-16H,2,17-18H2,1H3,(H,30,35)(H,31,34)/b25-16-. The Labute approximate surface area is 224 Å². The number of ketones is 1. The zero-order chi connectivity index (χ0) is 26.6. The van der Waals surface area contributed by atoms with E-state index >= 15 is 0 Å². The van der Waals surface area contributed by atoms with Gasteiger partial charge < -0.3 is 15.4 Å². The number of halogens is 1. The lowest BCUT2D eigenvalue weighted by Crippen LogP contribution is -2.30. The number of anilines is 1. The molecule has 190 valence electrons. The van der Waals surface area contributed by atoms with Crippen LogP contribution in [0.15, 0.2) is 89.5 Å². The van der Waals surface area contributed by atoms with E-state index in [4.69, 9.17) is 16.3 Å². The SMILES string of the molecule is CCOC(=O)CC(=O)CSc1ccc(NC(=O)/C(=C/c2ccc(Cl)cc2)NC(=O)c2ccccc2)cc1. The third-order valence-corrected chi connectivity index (χ3v) is 6.19. The second-order valence-electron chi connectivity index (χ2n) is 7.72. The molecule has 0 fully saturated rings. The van der Waals surface area contributed by atoms with Gasteiger partial charge in [-0.05, 0) is 67.1 Å². The van der Waals surface area contributed by atoms with Gasteiger partial charge in [-0.1, -0.05) is 41.9 Å². The van der Waals surface area contributed by atoms with Crippen LogP contribution in [0.1, 0.15) is 29.3 Å². The number of ether oxygens (including phenoxy) is 1. The Morgan fingerprint density at radius 3 is 2.24 bits per heavy atom. The highest BCUT2D eigenvalue weighted by molar-refractivity contribution is 8.00. The topological polar surface area (TPSA) is 102 Å². The van der Waals surface area contributed by atoms with Crippen molar-refractivity contribution in [2.75, 3.05) is 17.7 Å². The fourth-order valence-electron chi connectivity index (χ4n) is 3.09. The number of carbonyl (C=O) groups is 4. The molecule has 0 aliphatic rings. The second kappa shape index (κ2) is 14.0. The molecule has 37 heavy (non-hydrogen) atoms. The molecule has 0 saturated heterocycles. The molecule has 3 rings (SSSR count). The Balaban J connectivity index is 1.67. The summed E-state index contributed by atoms with van der Waals surface area (Å²) in [6, 6.07) is 22.3. The molecule has 3 aromatic carbocycles. The third kappa shape index (κ3) is 9.25. The number of nitrogens with one attached hydrogen (secondary N) is 2. The fourth-order valence-corrected chi connectivity index (χ4v) is 3.97. The van der Waals surface area contributed by atoms with Gasteiger partial charge in [0.2, 0.25) is 0 Å². The Kier molecular flexibility index (Phi) is 10.5. The minimum Gasteiger partial charge on any atom is -0.466 e. The van der Waals surface area contributed by atoms with Crippen LogP contribution < -0.4 is 10.6 Å². The van der Waals surface area contributed by atoms with Gasteiger partial charge in [-0.3, -0.25) is 19.2 Å². The maximum Gasteiger partial charge on any atom is 0.313 e. The lowest BCUT2D eigenvalue weighted by Gasteiger charge is -2.12. The zero-order valence-corrected chi connectivity index (χ0v) is 21.6. The highest BCUT2D eigenvalue weighted by Crippen LogP contribution is 2.21. The smallest absolute Gasteiger partial charge is 0.313 e. The fraction of sp³-hybridized carbons (Fsp3) is 0.143. The molecule has 0 aliphatic heterocycles. The van der Waals surface area contributed by atoms with Crippen LogP contribution in [0.2, 0.25) is 5.02 Å². The van der Waals surface area contributed by atoms with E-state index < -0.39 is 17.8 Å². The summed E-state index contributed by atoms with van der Waals surface area (Å²) in [7, 11) is 0. The number of benzene rings is 3. The highest BCUT2D eigenvalue weighted by Gasteiger charge is 2.15. The van der Waals surface area contributed by atoms with Crippen LogP contribution in [0.4, 0.5) is 5.69 Å². The van der Waals surface area contributed by atoms with E-state index in [2.05, 4.69) is 10.6 Å². The number of carbonyl (C=O) groups excluding carboxylic acids is 4. The molecule has 0 aliphatic carbocycles. The van der Waals surface area contributed by atoms with Gasteiger partial charge >= 0.3 is 5.97 Å². The first-order valence-electron chi connectivity index (χ1n) is 11.4. The maximum absolute atomic E-state index is 13.1. The van der Waals surface area contributed by atoms with Crippen molar-refractivity contribution in [1.29, 1.82) is 0 Å². The van der Waals surface area contributed by atoms with Gasteiger partial charge in [0.05, 0.1) is 12.4 Å². The van der Waals surface area contributed by atoms with Crippen LogP contribution in [-0.2, 0) is 19.1 Å². The quantitative estimate of drug-likeness (QED) is 0.148. The molecule has 2 amide bonds. The molecule has 0 aromatic heterocycles. The molecule has 0 heterocycles. The van der Waals surface area contributed by atoms with E-state index in [1.807, 2.05) is 0 Å². The number of hydrogen-bond acceptors (Lipinski definition) is 6. The molecule has 0 spiro atoms. The van der Waals surface area contributed by atoms with Gasteiger partial charge in [-0.15, -0.1) is 11.8 Å². The molecule has 0 saturated carbocycles. The van der Waals surface area contributed by atoms with Crippen LogP contribution in [0.5, 0.6) is 0 Å². The second-order valence-corrected chi connectivity index (χ2v) is 9.20. The Morgan fingerprint density at radius 2 is 1.59 bits per heavy atom. The van der Waals surface area contributed by atoms with Crippen LogP contribution in [0.3, 0.4) is 0 Å². The first-order chi connectivity index (χ1) is 17.8. The number of amides is 2. The van der Waals surface area contributed by atoms with Crippen molar-refractivity contribution in [2.45, 2.75) is 18.2 Å². The van der Waals surface area contributed by atoms with Gasteiger partial charge in [-0.25, -0.2) is 0 Å². The zero-order valence-electron chi connectivity index (χ0n) is 20.0. The van der Waals surface area contributed by atoms with E-state index in [1.54, 1.807) is 91.9 Å². The van der Waals surface area contributed by atoms with Crippen molar-refractivity contribution in [3.63, 3.8) is 0 Å². The molecule has 0 unspecified atom stereocenters. The minimum atomic E-state index is -0.534. The summed E-state index contributed by atoms with van der Waals surface area (Å²) in [6.45, 7) is 1.92. The monoisotopic (exact) mass is 536 g/mol. The molecule has 3 aromatic rings. The van der Waals surface area contributed by atoms with E-state index in [9.17, 15) is 19.2 Å². The summed E-state index contributed by atoms with van der Waals surface area (Å²) in [5, 5.41) is 6.01. The van der Waals surface area contributed by atoms with E-state index in [0.717, 1.165) is 4.90 Å². The van der Waals surface area contributed by atoms with Crippen molar-refractivity contribution < 1.29 is 23.9 Å². The number of rotatable bonds is 11. The van der Waals surface area contributed by atoms with E-state index in [0.29, 0.717) is 21.8 Å². The van der Waals surface area contributed by atoms with Gasteiger partial charge in [0, 0.05) is 21.2 Å². The van der Waals surface area contributed by atoms with Gasteiger partial charge in [0.25, 0.3) is 11.8 Å². The Morgan fingerprint density at radius 1 is 0.919 bits per heavy atom. The lowest BCUT2D eigenvalue weighted by atomic mass is 10.1. The first-order valence-corrected chi connectivity index (χ1v) is 12.8. The number of hydrogen-bond donors (Lipinski definition) is 2. The van der Waals surface area contributed by atoms with Crippen LogP contribution in [0, 0.1) is 0 Å². The summed E-state index contributed by atoms with van der Waals surface area (Å²) in [5.41, 5.74) is 1.65. The van der Waals surface area contributed by atoms with Gasteiger partial charge in [0.1, 0.15) is 12.1 Å². The number of Topliss-reactive ketones (excluding diaryl/α,β-unsaturated/α-hetero) is 1. The molecule has 2 N–H and O–H groups in total. The largest absolute Gasteiger partial charge is 0.466 e. The van der Waals surface area contributed by atoms with Crippen molar-refractivity contribution in [2.24, 2.45) is 0 Å². The summed E-state index contributed by atoms with van der Waals surface area (Å²) < 4.78 is 4.78. The van der Waals surface area contributed by atoms with E-state index in [-0.39, 0.29) is 30.3 Å². The van der Waals surface area contributed by atoms with Crippen LogP contribution >= 0.6 is 23.4 Å². The average Bonchev–Trinajstić information content (AvgIpc) is 2.89. The van der Waals surface area contributed by atoms with Crippen molar-refractivity contribution in [3.05, 3.63) is 101 Å². The first kappa shape index (κ1) is 27.7. The lowest BCUT2D eigenvalue weighted by molar-refractivity contribution is -0.145. The highest BCUT2D eigenvalue weighted by atomic mass is 35.5. The third-order valence-electron chi connectivity index (χ3n) is 4.87. The molecule has 7 nitrogen and oxygen atoms in total. The minimum absolute atomic E-state index is 0.0548. The Bertz CT molecular complexity index is 1280. The summed E-state index contributed by atoms with van der Waals surface area (Å²) >= 11 is 7.24. The maximum atomic E-state index is 13.1. The van der Waals surface area contributed by atoms with E-state index in [1.165, 1.54) is 11.8 Å². The molecular formula is C28H25ClN2O5S. The Hall–Kier alpha value is -3.88. The van der Waals surface area contributed by atoms with Crippen molar-refractivity contribution in [1.82, 2.24) is 5.32 Å². The normalized spacial score (nSPS) is 10.9. The van der Waals surface area contributed by atoms with Crippen molar-refractivity contribution in [3.8, 4) is 0 Å².